The van der Waals surface area contributed by atoms with Crippen molar-refractivity contribution in [2.45, 2.75) is 6.54 Å². The van der Waals surface area contributed by atoms with Crippen LogP contribution in [0, 0.1) is 21.4 Å². The van der Waals surface area contributed by atoms with Crippen molar-refractivity contribution in [1.82, 2.24) is 4.98 Å². The molecule has 0 unspecified atom stereocenters. The molecular formula is C13H10N4O2. The molecule has 1 heterocycles. The van der Waals surface area contributed by atoms with Gasteiger partial charge in [-0.3, -0.25) is 15.1 Å². The third-order valence-corrected chi connectivity index (χ3v) is 2.52. The molecule has 2 aromatic rings. The minimum Gasteiger partial charge on any atom is -0.378 e. The van der Waals surface area contributed by atoms with Gasteiger partial charge in [0.25, 0.3) is 5.69 Å². The molecule has 0 atom stereocenters. The first kappa shape index (κ1) is 12.5. The molecule has 1 N–H and O–H groups in total. The number of benzene rings is 1. The van der Waals surface area contributed by atoms with Crippen LogP contribution in [0.3, 0.4) is 0 Å². The quantitative estimate of drug-likeness (QED) is 0.668. The van der Waals surface area contributed by atoms with Crippen LogP contribution >= 0.6 is 0 Å². The van der Waals surface area contributed by atoms with Crippen molar-refractivity contribution < 1.29 is 4.92 Å². The smallest absolute Gasteiger partial charge is 0.270 e. The van der Waals surface area contributed by atoms with Gasteiger partial charge >= 0.3 is 0 Å². The zero-order valence-electron chi connectivity index (χ0n) is 9.91. The lowest BCUT2D eigenvalue weighted by Crippen LogP contribution is -2.03. The maximum Gasteiger partial charge on any atom is 0.270 e. The van der Waals surface area contributed by atoms with E-state index < -0.39 is 4.92 Å². The van der Waals surface area contributed by atoms with Crippen LogP contribution in [0.4, 0.5) is 11.4 Å². The third kappa shape index (κ3) is 3.04. The molecule has 0 saturated carbocycles. The number of rotatable bonds is 4. The van der Waals surface area contributed by atoms with E-state index >= 15 is 0 Å². The van der Waals surface area contributed by atoms with Gasteiger partial charge in [0.15, 0.2) is 0 Å². The van der Waals surface area contributed by atoms with Crippen molar-refractivity contribution in [3.8, 4) is 6.07 Å². The summed E-state index contributed by atoms with van der Waals surface area (Å²) in [7, 11) is 0. The van der Waals surface area contributed by atoms with Gasteiger partial charge in [-0.05, 0) is 18.2 Å². The van der Waals surface area contributed by atoms with Crippen molar-refractivity contribution in [1.29, 1.82) is 5.26 Å². The summed E-state index contributed by atoms with van der Waals surface area (Å²) in [4.78, 5) is 14.2. The van der Waals surface area contributed by atoms with E-state index in [-0.39, 0.29) is 11.3 Å². The van der Waals surface area contributed by atoms with Gasteiger partial charge in [-0.15, -0.1) is 0 Å². The van der Waals surface area contributed by atoms with E-state index in [0.717, 1.165) is 5.69 Å². The van der Waals surface area contributed by atoms with Crippen LogP contribution in [-0.4, -0.2) is 9.91 Å². The van der Waals surface area contributed by atoms with Gasteiger partial charge in [0.1, 0.15) is 6.07 Å². The molecule has 0 aliphatic heterocycles. The Labute approximate surface area is 109 Å². The van der Waals surface area contributed by atoms with E-state index in [9.17, 15) is 10.1 Å². The number of nitro benzene ring substituents is 1. The van der Waals surface area contributed by atoms with E-state index in [4.69, 9.17) is 5.26 Å². The predicted molar refractivity (Wildman–Crippen MR) is 69.4 cm³/mol. The first-order valence-corrected chi connectivity index (χ1v) is 5.53. The topological polar surface area (TPSA) is 91.8 Å². The van der Waals surface area contributed by atoms with Crippen LogP contribution in [0.5, 0.6) is 0 Å². The molecule has 0 aliphatic rings. The van der Waals surface area contributed by atoms with Crippen molar-refractivity contribution in [3.05, 3.63) is 64.0 Å². The molecule has 0 fully saturated rings. The second kappa shape index (κ2) is 5.60. The van der Waals surface area contributed by atoms with Crippen molar-refractivity contribution >= 4 is 11.4 Å². The molecule has 0 radical (unpaired) electrons. The van der Waals surface area contributed by atoms with Crippen LogP contribution in [0.25, 0.3) is 0 Å². The van der Waals surface area contributed by atoms with Crippen molar-refractivity contribution in [2.24, 2.45) is 0 Å². The number of non-ortho nitro benzene ring substituents is 1. The highest BCUT2D eigenvalue weighted by Gasteiger charge is 2.10. The zero-order chi connectivity index (χ0) is 13.7. The van der Waals surface area contributed by atoms with Gasteiger partial charge in [-0.2, -0.15) is 5.26 Å². The van der Waals surface area contributed by atoms with Crippen molar-refractivity contribution in [2.75, 3.05) is 5.32 Å². The summed E-state index contributed by atoms with van der Waals surface area (Å²) >= 11 is 0. The summed E-state index contributed by atoms with van der Waals surface area (Å²) in [6.45, 7) is 0.452. The Morgan fingerprint density at radius 3 is 2.84 bits per heavy atom. The first-order chi connectivity index (χ1) is 9.20. The highest BCUT2D eigenvalue weighted by atomic mass is 16.6. The van der Waals surface area contributed by atoms with Gasteiger partial charge in [-0.25, -0.2) is 0 Å². The maximum atomic E-state index is 10.6. The standard InChI is InChI=1S/C13H10N4O2/c14-8-10-7-12(17(18)19)4-5-13(10)16-9-11-3-1-2-6-15-11/h1-7,16H,9H2. The third-order valence-electron chi connectivity index (χ3n) is 2.52. The molecule has 6 heteroatoms. The fraction of sp³-hybridized carbons (Fsp3) is 0.0769. The Balaban J connectivity index is 2.17. The molecule has 0 spiro atoms. The van der Waals surface area contributed by atoms with Gasteiger partial charge < -0.3 is 5.32 Å². The second-order valence-electron chi connectivity index (χ2n) is 3.77. The van der Waals surface area contributed by atoms with E-state index in [1.165, 1.54) is 18.2 Å². The van der Waals surface area contributed by atoms with E-state index in [0.29, 0.717) is 12.2 Å². The fourth-order valence-electron chi connectivity index (χ4n) is 1.58. The summed E-state index contributed by atoms with van der Waals surface area (Å²) in [5, 5.41) is 22.7. The normalized spacial score (nSPS) is 9.63. The van der Waals surface area contributed by atoms with Crippen LogP contribution in [0.15, 0.2) is 42.6 Å². The Kier molecular flexibility index (Phi) is 3.69. The summed E-state index contributed by atoms with van der Waals surface area (Å²) in [6, 6.07) is 11.6. The molecule has 0 amide bonds. The summed E-state index contributed by atoms with van der Waals surface area (Å²) < 4.78 is 0. The number of aromatic nitrogens is 1. The number of hydrogen-bond donors (Lipinski definition) is 1. The highest BCUT2D eigenvalue weighted by molar-refractivity contribution is 5.61. The van der Waals surface area contributed by atoms with E-state index in [2.05, 4.69) is 10.3 Å². The number of nitrogens with one attached hydrogen (secondary N) is 1. The molecule has 0 aliphatic carbocycles. The van der Waals surface area contributed by atoms with Crippen LogP contribution in [0.2, 0.25) is 0 Å². The zero-order valence-corrected chi connectivity index (χ0v) is 9.91. The average molecular weight is 254 g/mol. The Bertz CT molecular complexity index is 635. The van der Waals surface area contributed by atoms with Gasteiger partial charge in [0, 0.05) is 18.3 Å². The average Bonchev–Trinajstić information content (AvgIpc) is 2.45. The summed E-state index contributed by atoms with van der Waals surface area (Å²) in [5.41, 5.74) is 1.52. The number of nitriles is 1. The molecule has 1 aromatic heterocycles. The number of nitrogens with zero attached hydrogens (tertiary/aromatic N) is 3. The van der Waals surface area contributed by atoms with E-state index in [1.54, 1.807) is 6.20 Å². The maximum absolute atomic E-state index is 10.6. The molecule has 6 nitrogen and oxygen atoms in total. The minimum atomic E-state index is -0.524. The number of hydrogen-bond acceptors (Lipinski definition) is 5. The predicted octanol–water partition coefficient (Wildman–Crippen LogP) is 2.47. The molecule has 94 valence electrons. The van der Waals surface area contributed by atoms with Crippen LogP contribution in [-0.2, 0) is 6.54 Å². The Hall–Kier alpha value is -2.94. The monoisotopic (exact) mass is 254 g/mol. The van der Waals surface area contributed by atoms with Gasteiger partial charge in [-0.1, -0.05) is 6.07 Å². The van der Waals surface area contributed by atoms with Crippen molar-refractivity contribution in [3.63, 3.8) is 0 Å². The number of pyridine rings is 1. The highest BCUT2D eigenvalue weighted by Crippen LogP contribution is 2.21. The Morgan fingerprint density at radius 2 is 2.21 bits per heavy atom. The largest absolute Gasteiger partial charge is 0.378 e. The molecule has 19 heavy (non-hydrogen) atoms. The lowest BCUT2D eigenvalue weighted by Gasteiger charge is -2.07. The van der Waals surface area contributed by atoms with Gasteiger partial charge in [0.05, 0.1) is 28.4 Å². The Morgan fingerprint density at radius 1 is 1.37 bits per heavy atom. The van der Waals surface area contributed by atoms with E-state index in [1.807, 2.05) is 24.3 Å². The molecule has 0 saturated heterocycles. The first-order valence-electron chi connectivity index (χ1n) is 5.53. The number of nitro groups is 1. The molecular weight excluding hydrogens is 244 g/mol. The minimum absolute atomic E-state index is 0.0973. The molecule has 2 rings (SSSR count). The van der Waals surface area contributed by atoms with Gasteiger partial charge in [0.2, 0.25) is 0 Å². The molecule has 1 aromatic carbocycles. The summed E-state index contributed by atoms with van der Waals surface area (Å²) in [6.07, 6.45) is 1.68. The lowest BCUT2D eigenvalue weighted by molar-refractivity contribution is -0.384. The fourth-order valence-corrected chi connectivity index (χ4v) is 1.58. The molecule has 0 bridgehead atoms. The SMILES string of the molecule is N#Cc1cc([N+](=O)[O-])ccc1NCc1ccccn1. The second-order valence-corrected chi connectivity index (χ2v) is 3.77. The number of anilines is 1. The summed E-state index contributed by atoms with van der Waals surface area (Å²) in [5.74, 6) is 0. The van der Waals surface area contributed by atoms with Crippen LogP contribution in [0.1, 0.15) is 11.3 Å². The van der Waals surface area contributed by atoms with Crippen LogP contribution < -0.4 is 5.32 Å². The lowest BCUT2D eigenvalue weighted by atomic mass is 10.1.